The maximum absolute atomic E-state index is 12.6. The van der Waals surface area contributed by atoms with Crippen molar-refractivity contribution in [1.29, 1.82) is 0 Å². The minimum Gasteiger partial charge on any atom is -0.361 e. The first-order chi connectivity index (χ1) is 14.5. The number of nitrogens with one attached hydrogen (secondary N) is 2. The van der Waals surface area contributed by atoms with Crippen molar-refractivity contribution < 1.29 is 4.79 Å². The van der Waals surface area contributed by atoms with Crippen LogP contribution in [0.25, 0.3) is 10.9 Å². The quantitative estimate of drug-likeness (QED) is 0.443. The summed E-state index contributed by atoms with van der Waals surface area (Å²) in [6.07, 6.45) is 2.39. The molecule has 6 heteroatoms. The highest BCUT2D eigenvalue weighted by Gasteiger charge is 2.21. The number of hydrogen-bond acceptors (Lipinski definition) is 2. The minimum atomic E-state index is -0.0486. The van der Waals surface area contributed by atoms with Crippen LogP contribution in [0.15, 0.2) is 60.8 Å². The van der Waals surface area contributed by atoms with E-state index in [4.69, 9.17) is 11.6 Å². The molecule has 0 unspecified atom stereocenters. The lowest BCUT2D eigenvalue weighted by Crippen LogP contribution is -2.29. The molecule has 2 N–H and O–H groups in total. The van der Waals surface area contributed by atoms with Crippen LogP contribution in [0, 0.1) is 13.8 Å². The molecule has 0 bridgehead atoms. The number of halogens is 1. The van der Waals surface area contributed by atoms with Gasteiger partial charge in [0.25, 0.3) is 0 Å². The van der Waals surface area contributed by atoms with Crippen LogP contribution in [0.4, 0.5) is 0 Å². The summed E-state index contributed by atoms with van der Waals surface area (Å²) in [5.74, 6) is -0.0491. The second kappa shape index (κ2) is 8.76. The Morgan fingerprint density at radius 3 is 2.67 bits per heavy atom. The van der Waals surface area contributed by atoms with Crippen LogP contribution < -0.4 is 5.32 Å². The summed E-state index contributed by atoms with van der Waals surface area (Å²) in [6, 6.07) is 18.0. The van der Waals surface area contributed by atoms with Crippen LogP contribution in [0.5, 0.6) is 0 Å². The summed E-state index contributed by atoms with van der Waals surface area (Å²) in [4.78, 5) is 15.9. The number of benzene rings is 2. The van der Waals surface area contributed by atoms with Crippen molar-refractivity contribution in [1.82, 2.24) is 20.1 Å². The first-order valence-electron chi connectivity index (χ1n) is 10.1. The maximum Gasteiger partial charge on any atom is 0.221 e. The van der Waals surface area contributed by atoms with E-state index >= 15 is 0 Å². The van der Waals surface area contributed by atoms with Gasteiger partial charge in [0.2, 0.25) is 5.91 Å². The van der Waals surface area contributed by atoms with Gasteiger partial charge in [0.15, 0.2) is 0 Å². The Labute approximate surface area is 181 Å². The third-order valence-corrected chi connectivity index (χ3v) is 5.78. The number of H-pyrrole nitrogens is 1. The number of rotatable bonds is 7. The van der Waals surface area contributed by atoms with E-state index in [2.05, 4.69) is 27.5 Å². The fourth-order valence-corrected chi connectivity index (χ4v) is 4.21. The highest BCUT2D eigenvalue weighted by atomic mass is 35.5. The van der Waals surface area contributed by atoms with Crippen LogP contribution in [-0.2, 0) is 11.3 Å². The third-order valence-electron chi connectivity index (χ3n) is 5.43. The molecule has 4 aromatic rings. The van der Waals surface area contributed by atoms with E-state index in [-0.39, 0.29) is 11.8 Å². The topological polar surface area (TPSA) is 62.7 Å². The van der Waals surface area contributed by atoms with Gasteiger partial charge in [0, 0.05) is 53.2 Å². The molecule has 2 heterocycles. The second-order valence-corrected chi connectivity index (χ2v) is 7.98. The Kier molecular flexibility index (Phi) is 5.91. The van der Waals surface area contributed by atoms with E-state index in [0.717, 1.165) is 33.4 Å². The molecule has 0 aliphatic heterocycles. The Bertz CT molecular complexity index is 1180. The normalized spacial score (nSPS) is 12.2. The third kappa shape index (κ3) is 4.26. The van der Waals surface area contributed by atoms with Crippen molar-refractivity contribution in [2.24, 2.45) is 0 Å². The van der Waals surface area contributed by atoms with Crippen LogP contribution in [0.1, 0.15) is 34.9 Å². The monoisotopic (exact) mass is 420 g/mol. The molecule has 1 amide bonds. The number of nitrogens with zero attached hydrogens (tertiary/aromatic N) is 2. The molecule has 154 valence electrons. The lowest BCUT2D eigenvalue weighted by atomic mass is 9.90. The summed E-state index contributed by atoms with van der Waals surface area (Å²) < 4.78 is 1.88. The number of hydrogen-bond donors (Lipinski definition) is 2. The molecule has 0 aliphatic rings. The summed E-state index contributed by atoms with van der Waals surface area (Å²) in [6.45, 7) is 5.00. The van der Waals surface area contributed by atoms with E-state index in [0.29, 0.717) is 24.5 Å². The van der Waals surface area contributed by atoms with Crippen LogP contribution in [0.3, 0.4) is 0 Å². The molecule has 0 spiro atoms. The zero-order valence-corrected chi connectivity index (χ0v) is 17.9. The van der Waals surface area contributed by atoms with E-state index < -0.39 is 0 Å². The number of aryl methyl sites for hydroxylation is 3. The predicted molar refractivity (Wildman–Crippen MR) is 121 cm³/mol. The van der Waals surface area contributed by atoms with Crippen LogP contribution >= 0.6 is 11.6 Å². The molecule has 1 atom stereocenters. The largest absolute Gasteiger partial charge is 0.361 e. The van der Waals surface area contributed by atoms with Crippen molar-refractivity contribution in [2.75, 3.05) is 6.54 Å². The Hall–Kier alpha value is -3.05. The highest BCUT2D eigenvalue weighted by Crippen LogP contribution is 2.34. The number of carbonyl (C=O) groups excluding carboxylic acids is 1. The smallest absolute Gasteiger partial charge is 0.221 e. The molecule has 5 nitrogen and oxygen atoms in total. The molecule has 2 aromatic carbocycles. The van der Waals surface area contributed by atoms with Crippen molar-refractivity contribution >= 4 is 28.4 Å². The fraction of sp³-hybridized carbons (Fsp3) is 0.250. The van der Waals surface area contributed by atoms with Gasteiger partial charge in [-0.1, -0.05) is 48.0 Å². The SMILES string of the molecule is Cc1cc(C)n(CCC(=O)NC[C@H](c2ccccc2Cl)c2c[nH]c3ccccc23)n1. The number of aromatic amines is 1. The maximum atomic E-state index is 12.6. The number of carbonyl (C=O) groups is 1. The first kappa shape index (κ1) is 20.2. The standard InChI is InChI=1S/C24H25ClN4O/c1-16-13-17(2)29(28-16)12-11-24(30)27-15-20(18-7-3-5-9-22(18)25)21-14-26-23-10-6-4-8-19(21)23/h3-10,13-14,20,26H,11-12,15H2,1-2H3,(H,27,30)/t20-/m1/s1. The Morgan fingerprint density at radius 1 is 1.13 bits per heavy atom. The molecule has 30 heavy (non-hydrogen) atoms. The molecule has 0 radical (unpaired) electrons. The van der Waals surface area contributed by atoms with Crippen molar-refractivity contribution in [3.63, 3.8) is 0 Å². The number of para-hydroxylation sites is 1. The molecular weight excluding hydrogens is 396 g/mol. The van der Waals surface area contributed by atoms with Crippen molar-refractivity contribution in [3.8, 4) is 0 Å². The van der Waals surface area contributed by atoms with E-state index in [1.54, 1.807) is 0 Å². The average molecular weight is 421 g/mol. The van der Waals surface area contributed by atoms with Gasteiger partial charge in [-0.05, 0) is 43.2 Å². The lowest BCUT2D eigenvalue weighted by Gasteiger charge is -2.19. The summed E-state index contributed by atoms with van der Waals surface area (Å²) in [5.41, 5.74) is 5.22. The lowest BCUT2D eigenvalue weighted by molar-refractivity contribution is -0.121. The van der Waals surface area contributed by atoms with Crippen LogP contribution in [0.2, 0.25) is 5.02 Å². The minimum absolute atomic E-state index is 0.000511. The van der Waals surface area contributed by atoms with E-state index in [1.807, 2.05) is 67.2 Å². The summed E-state index contributed by atoms with van der Waals surface area (Å²) >= 11 is 6.53. The molecular formula is C24H25ClN4O. The number of amides is 1. The van der Waals surface area contributed by atoms with Crippen molar-refractivity contribution in [3.05, 3.63) is 88.3 Å². The van der Waals surface area contributed by atoms with Gasteiger partial charge in [0.1, 0.15) is 0 Å². The van der Waals surface area contributed by atoms with Gasteiger partial charge in [-0.2, -0.15) is 5.10 Å². The van der Waals surface area contributed by atoms with Gasteiger partial charge in [-0.25, -0.2) is 0 Å². The molecule has 0 aliphatic carbocycles. The zero-order valence-electron chi connectivity index (χ0n) is 17.2. The number of fused-ring (bicyclic) bond motifs is 1. The zero-order chi connectivity index (χ0) is 21.1. The highest BCUT2D eigenvalue weighted by molar-refractivity contribution is 6.31. The molecule has 4 rings (SSSR count). The van der Waals surface area contributed by atoms with E-state index in [9.17, 15) is 4.79 Å². The molecule has 0 saturated heterocycles. The summed E-state index contributed by atoms with van der Waals surface area (Å²) in [5, 5.41) is 9.37. The molecule has 2 aromatic heterocycles. The number of aromatic nitrogens is 3. The van der Waals surface area contributed by atoms with Gasteiger partial charge in [-0.3, -0.25) is 9.48 Å². The van der Waals surface area contributed by atoms with Gasteiger partial charge in [-0.15, -0.1) is 0 Å². The average Bonchev–Trinajstić information content (AvgIpc) is 3.30. The molecule has 0 saturated carbocycles. The first-order valence-corrected chi connectivity index (χ1v) is 10.5. The predicted octanol–water partition coefficient (Wildman–Crippen LogP) is 4.97. The van der Waals surface area contributed by atoms with Gasteiger partial charge in [0.05, 0.1) is 5.69 Å². The molecule has 0 fully saturated rings. The second-order valence-electron chi connectivity index (χ2n) is 7.57. The fourth-order valence-electron chi connectivity index (χ4n) is 3.94. The Balaban J connectivity index is 1.53. The summed E-state index contributed by atoms with van der Waals surface area (Å²) in [7, 11) is 0. The Morgan fingerprint density at radius 2 is 1.90 bits per heavy atom. The van der Waals surface area contributed by atoms with Gasteiger partial charge < -0.3 is 10.3 Å². The van der Waals surface area contributed by atoms with Gasteiger partial charge >= 0.3 is 0 Å². The van der Waals surface area contributed by atoms with Crippen LogP contribution in [-0.4, -0.2) is 27.2 Å². The van der Waals surface area contributed by atoms with E-state index in [1.165, 1.54) is 0 Å². The van der Waals surface area contributed by atoms with Crippen molar-refractivity contribution in [2.45, 2.75) is 32.7 Å².